The summed E-state index contributed by atoms with van der Waals surface area (Å²) >= 11 is 7.58. The standard InChI is InChI=1S/C13H11BClOS/c1-17-13-8-10(5-6-12(13)14-16)9-3-2-4-11(15)7-9/h2-8,16H,1H3. The molecule has 0 heterocycles. The van der Waals surface area contributed by atoms with Crippen LogP contribution in [0.15, 0.2) is 47.4 Å². The highest BCUT2D eigenvalue weighted by Crippen LogP contribution is 2.25. The summed E-state index contributed by atoms with van der Waals surface area (Å²) in [6.45, 7) is 0. The third-order valence-corrected chi connectivity index (χ3v) is 3.56. The Hall–Kier alpha value is -0.895. The third kappa shape index (κ3) is 2.86. The predicted molar refractivity (Wildman–Crippen MR) is 76.3 cm³/mol. The molecule has 0 saturated heterocycles. The average molecular weight is 262 g/mol. The fourth-order valence-electron chi connectivity index (χ4n) is 1.67. The second-order valence-electron chi connectivity index (χ2n) is 3.60. The van der Waals surface area contributed by atoms with E-state index in [2.05, 4.69) is 6.07 Å². The first-order chi connectivity index (χ1) is 8.24. The molecule has 1 N–H and O–H groups in total. The Morgan fingerprint density at radius 1 is 1.12 bits per heavy atom. The molecular weight excluding hydrogens is 250 g/mol. The molecule has 1 radical (unpaired) electrons. The molecule has 0 aromatic heterocycles. The molecule has 0 spiro atoms. The van der Waals surface area contributed by atoms with Crippen LogP contribution in [0.2, 0.25) is 5.02 Å². The smallest absolute Gasteiger partial charge is 0.327 e. The zero-order chi connectivity index (χ0) is 12.3. The van der Waals surface area contributed by atoms with Gasteiger partial charge in [-0.3, -0.25) is 0 Å². The lowest BCUT2D eigenvalue weighted by atomic mass is 9.87. The molecule has 0 amide bonds. The Kier molecular flexibility index (Phi) is 4.16. The van der Waals surface area contributed by atoms with E-state index in [9.17, 15) is 0 Å². The van der Waals surface area contributed by atoms with E-state index >= 15 is 0 Å². The number of hydrogen-bond donors (Lipinski definition) is 1. The number of hydrogen-bond acceptors (Lipinski definition) is 2. The molecule has 4 heteroatoms. The Morgan fingerprint density at radius 3 is 2.53 bits per heavy atom. The highest BCUT2D eigenvalue weighted by molar-refractivity contribution is 7.98. The lowest BCUT2D eigenvalue weighted by Gasteiger charge is -2.08. The van der Waals surface area contributed by atoms with Crippen LogP contribution in [-0.4, -0.2) is 18.8 Å². The topological polar surface area (TPSA) is 20.2 Å². The van der Waals surface area contributed by atoms with Gasteiger partial charge in [-0.25, -0.2) is 0 Å². The summed E-state index contributed by atoms with van der Waals surface area (Å²) in [5.41, 5.74) is 3.02. The summed E-state index contributed by atoms with van der Waals surface area (Å²) in [5.74, 6) is 0. The van der Waals surface area contributed by atoms with Crippen LogP contribution in [0.25, 0.3) is 11.1 Å². The predicted octanol–water partition coefficient (Wildman–Crippen LogP) is 2.97. The lowest BCUT2D eigenvalue weighted by Crippen LogP contribution is -2.15. The Labute approximate surface area is 111 Å². The Morgan fingerprint density at radius 2 is 1.88 bits per heavy atom. The number of thioether (sulfide) groups is 1. The third-order valence-electron chi connectivity index (χ3n) is 2.53. The Bertz CT molecular complexity index is 531. The molecular formula is C13H11BClOS. The van der Waals surface area contributed by atoms with E-state index in [4.69, 9.17) is 16.6 Å². The molecule has 0 aliphatic heterocycles. The van der Waals surface area contributed by atoms with Gasteiger partial charge < -0.3 is 5.02 Å². The maximum atomic E-state index is 9.10. The van der Waals surface area contributed by atoms with E-state index in [1.165, 1.54) is 0 Å². The number of halogens is 1. The molecule has 0 unspecified atom stereocenters. The van der Waals surface area contributed by atoms with Crippen molar-refractivity contribution < 1.29 is 5.02 Å². The summed E-state index contributed by atoms with van der Waals surface area (Å²) in [7, 11) is 1.13. The maximum absolute atomic E-state index is 9.10. The van der Waals surface area contributed by atoms with Crippen molar-refractivity contribution in [3.63, 3.8) is 0 Å². The largest absolute Gasteiger partial charge is 0.450 e. The Balaban J connectivity index is 2.46. The molecule has 0 aliphatic rings. The van der Waals surface area contributed by atoms with E-state index in [-0.39, 0.29) is 0 Å². The van der Waals surface area contributed by atoms with Crippen LogP contribution in [0.3, 0.4) is 0 Å². The second kappa shape index (κ2) is 5.63. The first-order valence-electron chi connectivity index (χ1n) is 5.16. The molecule has 0 bridgehead atoms. The van der Waals surface area contributed by atoms with Crippen molar-refractivity contribution in [3.8, 4) is 11.1 Å². The molecule has 0 saturated carbocycles. The quantitative estimate of drug-likeness (QED) is 0.677. The molecule has 85 valence electrons. The van der Waals surface area contributed by atoms with Crippen LogP contribution >= 0.6 is 23.4 Å². The minimum atomic E-state index is 0.728. The minimum Gasteiger partial charge on any atom is -0.450 e. The summed E-state index contributed by atoms with van der Waals surface area (Å²) in [4.78, 5) is 1.05. The van der Waals surface area contributed by atoms with Gasteiger partial charge in [0.2, 0.25) is 0 Å². The molecule has 1 nitrogen and oxygen atoms in total. The fourth-order valence-corrected chi connectivity index (χ4v) is 2.46. The first kappa shape index (κ1) is 12.6. The summed E-state index contributed by atoms with van der Waals surface area (Å²) in [6, 6.07) is 13.7. The first-order valence-corrected chi connectivity index (χ1v) is 6.76. The maximum Gasteiger partial charge on any atom is 0.327 e. The van der Waals surface area contributed by atoms with E-state index in [1.54, 1.807) is 11.8 Å². The number of benzene rings is 2. The highest BCUT2D eigenvalue weighted by atomic mass is 35.5. The van der Waals surface area contributed by atoms with Crippen molar-refractivity contribution in [2.45, 2.75) is 4.90 Å². The molecule has 0 fully saturated rings. The lowest BCUT2D eigenvalue weighted by molar-refractivity contribution is 0.614. The van der Waals surface area contributed by atoms with E-state index in [0.717, 1.165) is 34.0 Å². The molecule has 2 aromatic carbocycles. The molecule has 17 heavy (non-hydrogen) atoms. The van der Waals surface area contributed by atoms with E-state index in [0.29, 0.717) is 0 Å². The van der Waals surface area contributed by atoms with Gasteiger partial charge in [0.15, 0.2) is 0 Å². The van der Waals surface area contributed by atoms with Crippen LogP contribution in [-0.2, 0) is 0 Å². The average Bonchev–Trinajstić information content (AvgIpc) is 2.38. The number of rotatable bonds is 3. The van der Waals surface area contributed by atoms with Gasteiger partial charge >= 0.3 is 7.48 Å². The van der Waals surface area contributed by atoms with Crippen molar-refractivity contribution >= 4 is 36.3 Å². The zero-order valence-electron chi connectivity index (χ0n) is 9.35. The van der Waals surface area contributed by atoms with Crippen molar-refractivity contribution in [2.75, 3.05) is 6.26 Å². The van der Waals surface area contributed by atoms with Crippen molar-refractivity contribution in [1.29, 1.82) is 0 Å². The summed E-state index contributed by atoms with van der Waals surface area (Å²) < 4.78 is 0. The molecule has 0 atom stereocenters. The second-order valence-corrected chi connectivity index (χ2v) is 4.88. The van der Waals surface area contributed by atoms with Gasteiger partial charge in [-0.05, 0) is 41.0 Å². The van der Waals surface area contributed by atoms with Crippen molar-refractivity contribution in [1.82, 2.24) is 0 Å². The van der Waals surface area contributed by atoms with Gasteiger partial charge in [0.1, 0.15) is 0 Å². The minimum absolute atomic E-state index is 0.728. The van der Waals surface area contributed by atoms with Crippen LogP contribution < -0.4 is 5.46 Å². The summed E-state index contributed by atoms with van der Waals surface area (Å²) in [6.07, 6.45) is 1.99. The van der Waals surface area contributed by atoms with Crippen LogP contribution in [0.5, 0.6) is 0 Å². The van der Waals surface area contributed by atoms with Gasteiger partial charge in [0.05, 0.1) is 0 Å². The zero-order valence-corrected chi connectivity index (χ0v) is 10.9. The van der Waals surface area contributed by atoms with Crippen LogP contribution in [0.1, 0.15) is 0 Å². The monoisotopic (exact) mass is 261 g/mol. The van der Waals surface area contributed by atoms with Crippen molar-refractivity contribution in [2.24, 2.45) is 0 Å². The fraction of sp³-hybridized carbons (Fsp3) is 0.0769. The van der Waals surface area contributed by atoms with Crippen LogP contribution in [0, 0.1) is 0 Å². The normalized spacial score (nSPS) is 10.3. The molecule has 0 aliphatic carbocycles. The van der Waals surface area contributed by atoms with E-state index < -0.39 is 0 Å². The van der Waals surface area contributed by atoms with Gasteiger partial charge in [-0.1, -0.05) is 35.9 Å². The van der Waals surface area contributed by atoms with Crippen molar-refractivity contribution in [3.05, 3.63) is 47.5 Å². The summed E-state index contributed by atoms with van der Waals surface area (Å²) in [5, 5.41) is 9.82. The van der Waals surface area contributed by atoms with Gasteiger partial charge in [0, 0.05) is 9.92 Å². The van der Waals surface area contributed by atoms with Gasteiger partial charge in [-0.2, -0.15) is 0 Å². The molecule has 2 aromatic rings. The van der Waals surface area contributed by atoms with Gasteiger partial charge in [-0.15, -0.1) is 11.8 Å². The SMILES string of the molecule is CSc1cc(-c2cccc(Cl)c2)ccc1[B]O. The van der Waals surface area contributed by atoms with Crippen LogP contribution in [0.4, 0.5) is 0 Å². The van der Waals surface area contributed by atoms with Gasteiger partial charge in [0.25, 0.3) is 0 Å². The highest BCUT2D eigenvalue weighted by Gasteiger charge is 2.05. The molecule has 2 rings (SSSR count). The van der Waals surface area contributed by atoms with E-state index in [1.807, 2.05) is 42.7 Å².